The Morgan fingerprint density at radius 1 is 1.32 bits per heavy atom. The number of methoxy groups -OCH3 is 1. The van der Waals surface area contributed by atoms with Crippen LogP contribution in [0.4, 0.5) is 0 Å². The number of esters is 1. The second kappa shape index (κ2) is 9.43. The van der Waals surface area contributed by atoms with Gasteiger partial charge in [-0.1, -0.05) is 35.6 Å². The molecule has 4 rings (SSSR count). The molecule has 1 aromatic heterocycles. The summed E-state index contributed by atoms with van der Waals surface area (Å²) in [6.45, 7) is 8.55. The van der Waals surface area contributed by atoms with Crippen LogP contribution in [0.1, 0.15) is 53.0 Å². The second-order valence-electron chi connectivity index (χ2n) is 8.18. The molecule has 2 heterocycles. The number of rotatable bonds is 8. The van der Waals surface area contributed by atoms with Gasteiger partial charge in [-0.25, -0.2) is 4.68 Å². The summed E-state index contributed by atoms with van der Waals surface area (Å²) >= 11 is 0. The minimum atomic E-state index is -0.214. The van der Waals surface area contributed by atoms with E-state index in [1.807, 2.05) is 10.8 Å². The van der Waals surface area contributed by atoms with Crippen LogP contribution >= 0.6 is 0 Å². The lowest BCUT2D eigenvalue weighted by atomic mass is 9.83. The lowest BCUT2D eigenvalue weighted by molar-refractivity contribution is -0.140. The Morgan fingerprint density at radius 3 is 3.00 bits per heavy atom. The van der Waals surface area contributed by atoms with E-state index in [4.69, 9.17) is 4.74 Å². The van der Waals surface area contributed by atoms with Gasteiger partial charge in [-0.3, -0.25) is 4.79 Å². The monoisotopic (exact) mass is 418 g/mol. The molecule has 6 nitrogen and oxygen atoms in total. The van der Waals surface area contributed by atoms with Gasteiger partial charge in [0.2, 0.25) is 0 Å². The second-order valence-corrected chi connectivity index (χ2v) is 8.18. The van der Waals surface area contributed by atoms with Crippen LogP contribution in [0.15, 0.2) is 43.0 Å². The van der Waals surface area contributed by atoms with E-state index in [1.165, 1.54) is 18.2 Å². The van der Waals surface area contributed by atoms with Crippen LogP contribution in [-0.4, -0.2) is 34.6 Å². The van der Waals surface area contributed by atoms with E-state index < -0.39 is 0 Å². The number of aryl methyl sites for hydroxylation is 2. The Balaban J connectivity index is 1.73. The number of carbonyl (C=O) groups excluding carboxylic acids is 1. The fourth-order valence-corrected chi connectivity index (χ4v) is 4.49. The van der Waals surface area contributed by atoms with Crippen molar-refractivity contribution < 1.29 is 9.53 Å². The molecule has 2 aromatic carbocycles. The lowest BCUT2D eigenvalue weighted by Gasteiger charge is -2.23. The highest BCUT2D eigenvalue weighted by Crippen LogP contribution is 2.35. The molecule has 1 atom stereocenters. The van der Waals surface area contributed by atoms with Gasteiger partial charge in [0.25, 0.3) is 0 Å². The fraction of sp³-hybridized carbons (Fsp3) is 0.400. The summed E-state index contributed by atoms with van der Waals surface area (Å²) in [4.78, 5) is 12.3. The van der Waals surface area contributed by atoms with Crippen molar-refractivity contribution in [2.45, 2.75) is 51.6 Å². The summed E-state index contributed by atoms with van der Waals surface area (Å²) < 4.78 is 6.99. The van der Waals surface area contributed by atoms with Gasteiger partial charge in [-0.2, -0.15) is 0 Å². The number of allylic oxidation sites excluding steroid dienone is 1. The molecule has 3 aromatic rings. The van der Waals surface area contributed by atoms with Crippen LogP contribution in [0.5, 0.6) is 0 Å². The van der Waals surface area contributed by atoms with Crippen molar-refractivity contribution in [2.24, 2.45) is 0 Å². The minimum absolute atomic E-state index is 0.0880. The number of ether oxygens (including phenoxy) is 1. The summed E-state index contributed by atoms with van der Waals surface area (Å²) in [5.41, 5.74) is 7.91. The quantitative estimate of drug-likeness (QED) is 0.340. The van der Waals surface area contributed by atoms with E-state index in [1.54, 1.807) is 0 Å². The summed E-state index contributed by atoms with van der Waals surface area (Å²) in [6.07, 6.45) is 5.19. The SMILES string of the molecule is C=CCCCn1nnc2c(C)c(C(CC(=O)OC)c3ccc4c(c3)CNCC4)ccc21. The summed E-state index contributed by atoms with van der Waals surface area (Å²) in [5, 5.41) is 12.3. The number of nitrogens with one attached hydrogen (secondary N) is 1. The Hall–Kier alpha value is -2.99. The van der Waals surface area contributed by atoms with E-state index in [0.29, 0.717) is 6.42 Å². The number of hydrogen-bond donors (Lipinski definition) is 1. The van der Waals surface area contributed by atoms with E-state index in [-0.39, 0.29) is 11.9 Å². The first-order valence-electron chi connectivity index (χ1n) is 10.9. The summed E-state index contributed by atoms with van der Waals surface area (Å²) in [7, 11) is 1.45. The van der Waals surface area contributed by atoms with E-state index in [9.17, 15) is 4.79 Å². The molecule has 1 unspecified atom stereocenters. The average Bonchev–Trinajstić information content (AvgIpc) is 3.21. The number of unbranched alkanes of at least 4 members (excludes halogenated alkanes) is 1. The first-order valence-corrected chi connectivity index (χ1v) is 10.9. The molecule has 6 heteroatoms. The van der Waals surface area contributed by atoms with Crippen LogP contribution in [-0.2, 0) is 29.0 Å². The highest BCUT2D eigenvalue weighted by molar-refractivity contribution is 5.80. The van der Waals surface area contributed by atoms with Gasteiger partial charge in [0.15, 0.2) is 0 Å². The van der Waals surface area contributed by atoms with Crippen molar-refractivity contribution in [3.63, 3.8) is 0 Å². The molecular formula is C25H30N4O2. The maximum atomic E-state index is 12.3. The zero-order valence-corrected chi connectivity index (χ0v) is 18.4. The third-order valence-electron chi connectivity index (χ3n) is 6.25. The Bertz CT molecular complexity index is 1100. The molecule has 1 aliphatic heterocycles. The van der Waals surface area contributed by atoms with Gasteiger partial charge in [-0.15, -0.1) is 11.7 Å². The van der Waals surface area contributed by atoms with Crippen molar-refractivity contribution in [3.05, 3.63) is 70.8 Å². The van der Waals surface area contributed by atoms with Crippen molar-refractivity contribution in [1.82, 2.24) is 20.3 Å². The fourth-order valence-electron chi connectivity index (χ4n) is 4.49. The third kappa shape index (κ3) is 4.39. The molecule has 1 aliphatic rings. The number of benzene rings is 2. The lowest BCUT2D eigenvalue weighted by Crippen LogP contribution is -2.24. The molecule has 0 saturated heterocycles. The molecule has 1 N–H and O–H groups in total. The summed E-state index contributed by atoms with van der Waals surface area (Å²) in [6, 6.07) is 10.8. The van der Waals surface area contributed by atoms with Crippen LogP contribution in [0.25, 0.3) is 11.0 Å². The van der Waals surface area contributed by atoms with E-state index in [0.717, 1.165) is 66.6 Å². The molecule has 0 amide bonds. The smallest absolute Gasteiger partial charge is 0.306 e. The normalized spacial score (nSPS) is 14.3. The van der Waals surface area contributed by atoms with Crippen LogP contribution < -0.4 is 5.32 Å². The standard InChI is InChI=1S/C25H30N4O2/c1-4-5-6-13-29-23-10-9-21(17(2)25(23)27-28-29)22(15-24(30)31-3)19-8-7-18-11-12-26-16-20(18)14-19/h4,7-10,14,22,26H,1,5-6,11-13,15-16H2,2-3H3. The number of hydrogen-bond acceptors (Lipinski definition) is 5. The maximum Gasteiger partial charge on any atom is 0.306 e. The topological polar surface area (TPSA) is 69.0 Å². The van der Waals surface area contributed by atoms with Crippen molar-refractivity contribution in [2.75, 3.05) is 13.7 Å². The number of nitrogens with zero attached hydrogens (tertiary/aromatic N) is 3. The number of aromatic nitrogens is 3. The molecule has 0 fully saturated rings. The van der Waals surface area contributed by atoms with Crippen LogP contribution in [0, 0.1) is 6.92 Å². The van der Waals surface area contributed by atoms with E-state index >= 15 is 0 Å². The highest BCUT2D eigenvalue weighted by Gasteiger charge is 2.24. The molecule has 0 radical (unpaired) electrons. The molecular weight excluding hydrogens is 388 g/mol. The first kappa shape index (κ1) is 21.2. The zero-order valence-electron chi connectivity index (χ0n) is 18.4. The zero-order chi connectivity index (χ0) is 21.8. The van der Waals surface area contributed by atoms with Crippen molar-refractivity contribution in [1.29, 1.82) is 0 Å². The third-order valence-corrected chi connectivity index (χ3v) is 6.25. The van der Waals surface area contributed by atoms with E-state index in [2.05, 4.69) is 59.5 Å². The minimum Gasteiger partial charge on any atom is -0.469 e. The van der Waals surface area contributed by atoms with Gasteiger partial charge in [-0.05, 0) is 66.6 Å². The molecule has 0 bridgehead atoms. The predicted molar refractivity (Wildman–Crippen MR) is 122 cm³/mol. The van der Waals surface area contributed by atoms with Crippen LogP contribution in [0.3, 0.4) is 0 Å². The Kier molecular flexibility index (Phi) is 6.47. The first-order chi connectivity index (χ1) is 15.1. The maximum absolute atomic E-state index is 12.3. The van der Waals surface area contributed by atoms with Gasteiger partial charge in [0, 0.05) is 19.0 Å². The van der Waals surface area contributed by atoms with Gasteiger partial charge >= 0.3 is 5.97 Å². The molecule has 0 spiro atoms. The highest BCUT2D eigenvalue weighted by atomic mass is 16.5. The number of fused-ring (bicyclic) bond motifs is 2. The molecule has 0 aliphatic carbocycles. The molecule has 0 saturated carbocycles. The number of carbonyl (C=O) groups is 1. The van der Waals surface area contributed by atoms with Crippen LogP contribution in [0.2, 0.25) is 0 Å². The summed E-state index contributed by atoms with van der Waals surface area (Å²) in [5.74, 6) is -0.302. The van der Waals surface area contributed by atoms with Crippen molar-refractivity contribution in [3.8, 4) is 0 Å². The van der Waals surface area contributed by atoms with Gasteiger partial charge < -0.3 is 10.1 Å². The van der Waals surface area contributed by atoms with Gasteiger partial charge in [0.05, 0.1) is 19.0 Å². The predicted octanol–water partition coefficient (Wildman–Crippen LogP) is 4.05. The Labute approximate surface area is 183 Å². The average molecular weight is 419 g/mol. The molecule has 162 valence electrons. The Morgan fingerprint density at radius 2 is 2.19 bits per heavy atom. The van der Waals surface area contributed by atoms with Crippen molar-refractivity contribution >= 4 is 17.0 Å². The van der Waals surface area contributed by atoms with Gasteiger partial charge in [0.1, 0.15) is 5.52 Å². The largest absolute Gasteiger partial charge is 0.469 e. The molecule has 31 heavy (non-hydrogen) atoms.